The van der Waals surface area contributed by atoms with Gasteiger partial charge in [-0.05, 0) is 72.4 Å². The number of benzene rings is 4. The molecule has 256 valence electrons. The van der Waals surface area contributed by atoms with Gasteiger partial charge in [-0.2, -0.15) is 0 Å². The van der Waals surface area contributed by atoms with Gasteiger partial charge in [-0.25, -0.2) is 9.18 Å². The summed E-state index contributed by atoms with van der Waals surface area (Å²) in [7, 11) is 1.69. The molecule has 1 saturated carbocycles. The SMILES string of the molecule is CN(CCOc1cccc(OC[C@H]2CC[C@H](CN3Cc4ccc(OCc5ccccc5)c(F)c4C3=O)CC2)c1)C(=O)OCc1ccccc1. The first kappa shape index (κ1) is 33.8. The molecule has 0 aromatic heterocycles. The monoisotopic (exact) mass is 666 g/mol. The Hall–Kier alpha value is -5.05. The molecule has 2 aliphatic rings. The minimum absolute atomic E-state index is 0.111. The molecule has 0 radical (unpaired) electrons. The van der Waals surface area contributed by atoms with E-state index in [4.69, 9.17) is 18.9 Å². The Balaban J connectivity index is 0.894. The van der Waals surface area contributed by atoms with Crippen molar-refractivity contribution in [1.29, 1.82) is 0 Å². The smallest absolute Gasteiger partial charge is 0.409 e. The molecule has 2 amide bonds. The molecule has 6 rings (SSSR count). The molecular formula is C40H43FN2O6. The third-order valence-electron chi connectivity index (χ3n) is 9.24. The van der Waals surface area contributed by atoms with Gasteiger partial charge in [0, 0.05) is 26.2 Å². The minimum atomic E-state index is -0.567. The fourth-order valence-electron chi connectivity index (χ4n) is 6.37. The van der Waals surface area contributed by atoms with Crippen LogP contribution in [0.5, 0.6) is 17.2 Å². The molecule has 49 heavy (non-hydrogen) atoms. The lowest BCUT2D eigenvalue weighted by atomic mass is 9.82. The first-order valence-corrected chi connectivity index (χ1v) is 17.0. The summed E-state index contributed by atoms with van der Waals surface area (Å²) < 4.78 is 38.5. The van der Waals surface area contributed by atoms with E-state index in [0.29, 0.717) is 50.4 Å². The third kappa shape index (κ3) is 9.10. The van der Waals surface area contributed by atoms with Crippen molar-refractivity contribution in [3.63, 3.8) is 0 Å². The number of rotatable bonds is 14. The highest BCUT2D eigenvalue weighted by molar-refractivity contribution is 5.99. The lowest BCUT2D eigenvalue weighted by Gasteiger charge is -2.31. The van der Waals surface area contributed by atoms with E-state index in [1.165, 1.54) is 4.90 Å². The fraction of sp³-hybridized carbons (Fsp3) is 0.350. The number of fused-ring (bicyclic) bond motifs is 1. The molecule has 9 heteroatoms. The molecule has 0 spiro atoms. The van der Waals surface area contributed by atoms with Gasteiger partial charge in [0.1, 0.15) is 31.3 Å². The van der Waals surface area contributed by atoms with Crippen molar-refractivity contribution < 1.29 is 32.9 Å². The average molecular weight is 667 g/mol. The van der Waals surface area contributed by atoms with Gasteiger partial charge in [0.05, 0.1) is 18.7 Å². The maximum absolute atomic E-state index is 15.4. The van der Waals surface area contributed by atoms with Crippen molar-refractivity contribution in [2.45, 2.75) is 45.4 Å². The number of halogens is 1. The molecular weight excluding hydrogens is 623 g/mol. The van der Waals surface area contributed by atoms with Gasteiger partial charge < -0.3 is 28.7 Å². The second-order valence-corrected chi connectivity index (χ2v) is 12.9. The Morgan fingerprint density at radius 3 is 2.16 bits per heavy atom. The predicted octanol–water partition coefficient (Wildman–Crippen LogP) is 7.89. The van der Waals surface area contributed by atoms with Crippen molar-refractivity contribution in [3.8, 4) is 17.2 Å². The standard InChI is InChI=1S/C40H43FN2O6/c1-42(40(45)49-28-31-11-6-3-7-12-31)21-22-46-34-13-8-14-35(23-34)47-26-32-17-15-29(16-18-32)24-43-25-33-19-20-36(38(41)37(33)39(43)44)48-27-30-9-4-2-5-10-30/h2-14,19-20,23,29,32H,15-18,21-22,24-28H2,1H3/t29-,32-. The first-order valence-electron chi connectivity index (χ1n) is 17.0. The second-order valence-electron chi connectivity index (χ2n) is 12.9. The molecule has 1 fully saturated rings. The molecule has 1 heterocycles. The molecule has 4 aromatic carbocycles. The van der Waals surface area contributed by atoms with Gasteiger partial charge in [0.2, 0.25) is 0 Å². The van der Waals surface area contributed by atoms with Crippen LogP contribution in [0.15, 0.2) is 97.1 Å². The van der Waals surface area contributed by atoms with Crippen molar-refractivity contribution >= 4 is 12.0 Å². The van der Waals surface area contributed by atoms with E-state index < -0.39 is 11.9 Å². The van der Waals surface area contributed by atoms with Crippen LogP contribution in [0.25, 0.3) is 0 Å². The summed E-state index contributed by atoms with van der Waals surface area (Å²) in [6.45, 7) is 2.85. The summed E-state index contributed by atoms with van der Waals surface area (Å²) >= 11 is 0. The maximum Gasteiger partial charge on any atom is 0.409 e. The molecule has 0 N–H and O–H groups in total. The van der Waals surface area contributed by atoms with Crippen LogP contribution in [0.1, 0.15) is 52.7 Å². The third-order valence-corrected chi connectivity index (χ3v) is 9.24. The zero-order chi connectivity index (χ0) is 34.0. The Kier molecular flexibility index (Phi) is 11.3. The van der Waals surface area contributed by atoms with Gasteiger partial charge in [0.25, 0.3) is 5.91 Å². The molecule has 0 saturated heterocycles. The number of ether oxygens (including phenoxy) is 4. The number of hydrogen-bond donors (Lipinski definition) is 0. The summed E-state index contributed by atoms with van der Waals surface area (Å²) in [5.74, 6) is 1.50. The Labute approximate surface area is 287 Å². The van der Waals surface area contributed by atoms with E-state index >= 15 is 4.39 Å². The van der Waals surface area contributed by atoms with E-state index in [0.717, 1.165) is 48.1 Å². The zero-order valence-corrected chi connectivity index (χ0v) is 27.9. The Morgan fingerprint density at radius 2 is 1.45 bits per heavy atom. The Bertz CT molecular complexity index is 1690. The van der Waals surface area contributed by atoms with Crippen LogP contribution in [-0.4, -0.2) is 55.2 Å². The highest BCUT2D eigenvalue weighted by Gasteiger charge is 2.34. The van der Waals surface area contributed by atoms with Crippen LogP contribution in [0.2, 0.25) is 0 Å². The summed E-state index contributed by atoms with van der Waals surface area (Å²) in [5.41, 5.74) is 2.74. The number of carbonyl (C=O) groups is 2. The quantitative estimate of drug-likeness (QED) is 0.136. The molecule has 0 unspecified atom stereocenters. The number of likely N-dealkylation sites (N-methyl/N-ethyl adjacent to an activating group) is 1. The van der Waals surface area contributed by atoms with Crippen molar-refractivity contribution in [3.05, 3.63) is 125 Å². The summed E-state index contributed by atoms with van der Waals surface area (Å²) in [6, 6.07) is 30.2. The summed E-state index contributed by atoms with van der Waals surface area (Å²) in [6.07, 6.45) is 3.60. The lowest BCUT2D eigenvalue weighted by Crippen LogP contribution is -2.32. The van der Waals surface area contributed by atoms with Crippen molar-refractivity contribution in [1.82, 2.24) is 9.80 Å². The van der Waals surface area contributed by atoms with Crippen LogP contribution in [-0.2, 0) is 24.5 Å². The molecule has 0 atom stereocenters. The molecule has 4 aromatic rings. The highest BCUT2D eigenvalue weighted by Crippen LogP contribution is 2.35. The van der Waals surface area contributed by atoms with Crippen LogP contribution < -0.4 is 14.2 Å². The van der Waals surface area contributed by atoms with Gasteiger partial charge >= 0.3 is 6.09 Å². The summed E-state index contributed by atoms with van der Waals surface area (Å²) in [5, 5.41) is 0. The van der Waals surface area contributed by atoms with Crippen LogP contribution in [0.4, 0.5) is 9.18 Å². The van der Waals surface area contributed by atoms with Crippen molar-refractivity contribution in [2.75, 3.05) is 33.4 Å². The second kappa shape index (κ2) is 16.4. The average Bonchev–Trinajstić information content (AvgIpc) is 3.45. The van der Waals surface area contributed by atoms with Crippen molar-refractivity contribution in [2.24, 2.45) is 11.8 Å². The van der Waals surface area contributed by atoms with E-state index in [9.17, 15) is 9.59 Å². The van der Waals surface area contributed by atoms with Gasteiger partial charge in [-0.15, -0.1) is 0 Å². The van der Waals surface area contributed by atoms with Crippen LogP contribution in [0.3, 0.4) is 0 Å². The Morgan fingerprint density at radius 1 is 0.796 bits per heavy atom. The highest BCUT2D eigenvalue weighted by atomic mass is 19.1. The number of nitrogens with zero attached hydrogens (tertiary/aromatic N) is 2. The maximum atomic E-state index is 15.4. The van der Waals surface area contributed by atoms with Gasteiger partial charge in [0.15, 0.2) is 11.6 Å². The van der Waals surface area contributed by atoms with Gasteiger partial charge in [-0.3, -0.25) is 4.79 Å². The first-order chi connectivity index (χ1) is 23.9. The minimum Gasteiger partial charge on any atom is -0.493 e. The molecule has 0 bridgehead atoms. The predicted molar refractivity (Wildman–Crippen MR) is 184 cm³/mol. The van der Waals surface area contributed by atoms with E-state index in [1.807, 2.05) is 91.0 Å². The fourth-order valence-corrected chi connectivity index (χ4v) is 6.37. The number of hydrogen-bond acceptors (Lipinski definition) is 6. The topological polar surface area (TPSA) is 77.5 Å². The summed E-state index contributed by atoms with van der Waals surface area (Å²) in [4.78, 5) is 28.8. The van der Waals surface area contributed by atoms with Crippen LogP contribution >= 0.6 is 0 Å². The van der Waals surface area contributed by atoms with E-state index in [2.05, 4.69) is 0 Å². The normalized spacial score (nSPS) is 16.9. The largest absolute Gasteiger partial charge is 0.493 e. The molecule has 8 nitrogen and oxygen atoms in total. The lowest BCUT2D eigenvalue weighted by molar-refractivity contribution is 0.0717. The van der Waals surface area contributed by atoms with E-state index in [-0.39, 0.29) is 30.4 Å². The van der Waals surface area contributed by atoms with E-state index in [1.54, 1.807) is 18.0 Å². The van der Waals surface area contributed by atoms with Gasteiger partial charge in [-0.1, -0.05) is 72.8 Å². The molecule has 1 aliphatic heterocycles. The number of carbonyl (C=O) groups excluding carboxylic acids is 2. The van der Waals surface area contributed by atoms with Crippen LogP contribution in [0, 0.1) is 17.7 Å². The molecule has 1 aliphatic carbocycles. The zero-order valence-electron chi connectivity index (χ0n) is 27.9. The number of amides is 2.